The van der Waals surface area contributed by atoms with Gasteiger partial charge in [-0.1, -0.05) is 62.4 Å². The van der Waals surface area contributed by atoms with Gasteiger partial charge in [0.15, 0.2) is 0 Å². The van der Waals surface area contributed by atoms with Gasteiger partial charge < -0.3 is 19.7 Å². The van der Waals surface area contributed by atoms with E-state index in [9.17, 15) is 18.0 Å². The molecule has 10 heteroatoms. The lowest BCUT2D eigenvalue weighted by Gasteiger charge is -2.34. The Balaban J connectivity index is 2.12. The topological polar surface area (TPSA) is 105 Å². The van der Waals surface area contributed by atoms with Crippen LogP contribution in [-0.2, 0) is 26.2 Å². The Morgan fingerprint density at radius 1 is 0.878 bits per heavy atom. The number of nitrogens with one attached hydrogen (secondary N) is 1. The quantitative estimate of drug-likeness (QED) is 0.298. The standard InChI is InChI=1S/C31H39N3O6S/c1-6-23(3)32-31(36)27(7-2)33(21-24-14-10-8-11-15-24)30(35)22-34(41(37,38)26-16-12-9-13-17-26)28-20-25(39-4)18-19-29(28)40-5/h8-20,23,27H,6-7,21-22H2,1-5H3,(H,32,36)/t23-,27+/m1/s1. The predicted molar refractivity (Wildman–Crippen MR) is 159 cm³/mol. The number of hydrogen-bond acceptors (Lipinski definition) is 6. The van der Waals surface area contributed by atoms with Crippen molar-refractivity contribution >= 4 is 27.5 Å². The third-order valence-electron chi connectivity index (χ3n) is 6.85. The Bertz CT molecular complexity index is 1400. The number of amides is 2. The van der Waals surface area contributed by atoms with Gasteiger partial charge in [-0.3, -0.25) is 13.9 Å². The molecule has 0 aromatic heterocycles. The number of hydrogen-bond donors (Lipinski definition) is 1. The van der Waals surface area contributed by atoms with Crippen LogP contribution in [0.3, 0.4) is 0 Å². The summed E-state index contributed by atoms with van der Waals surface area (Å²) in [6, 6.07) is 21.0. The minimum Gasteiger partial charge on any atom is -0.497 e. The number of ether oxygens (including phenoxy) is 2. The molecule has 0 aliphatic heterocycles. The third kappa shape index (κ3) is 7.79. The SMILES string of the molecule is CC[C@@H](C)NC(=O)[C@H](CC)N(Cc1ccccc1)C(=O)CN(c1cc(OC)ccc1OC)S(=O)(=O)c1ccccc1. The molecule has 0 aliphatic carbocycles. The van der Waals surface area contributed by atoms with Gasteiger partial charge in [0.2, 0.25) is 11.8 Å². The number of nitrogens with zero attached hydrogens (tertiary/aromatic N) is 2. The molecule has 2 atom stereocenters. The summed E-state index contributed by atoms with van der Waals surface area (Å²) in [5.74, 6) is -0.191. The zero-order valence-electron chi connectivity index (χ0n) is 24.2. The summed E-state index contributed by atoms with van der Waals surface area (Å²) in [6.45, 7) is 5.25. The van der Waals surface area contributed by atoms with Crippen LogP contribution in [0, 0.1) is 0 Å². The average molecular weight is 582 g/mol. The fourth-order valence-electron chi connectivity index (χ4n) is 4.37. The number of carbonyl (C=O) groups is 2. The van der Waals surface area contributed by atoms with Crippen LogP contribution < -0.4 is 19.1 Å². The molecule has 0 unspecified atom stereocenters. The van der Waals surface area contributed by atoms with E-state index in [0.29, 0.717) is 12.2 Å². The first-order chi connectivity index (χ1) is 19.7. The van der Waals surface area contributed by atoms with E-state index < -0.39 is 28.5 Å². The highest BCUT2D eigenvalue weighted by atomic mass is 32.2. The molecular weight excluding hydrogens is 542 g/mol. The van der Waals surface area contributed by atoms with Gasteiger partial charge in [-0.15, -0.1) is 0 Å². The van der Waals surface area contributed by atoms with Crippen LogP contribution in [-0.4, -0.2) is 58.0 Å². The lowest BCUT2D eigenvalue weighted by Crippen LogP contribution is -2.53. The molecule has 0 saturated carbocycles. The van der Waals surface area contributed by atoms with Gasteiger partial charge in [-0.25, -0.2) is 8.42 Å². The van der Waals surface area contributed by atoms with Crippen LogP contribution in [0.2, 0.25) is 0 Å². The highest BCUT2D eigenvalue weighted by Gasteiger charge is 2.35. The highest BCUT2D eigenvalue weighted by Crippen LogP contribution is 2.36. The minimum atomic E-state index is -4.24. The van der Waals surface area contributed by atoms with E-state index in [4.69, 9.17) is 9.47 Å². The van der Waals surface area contributed by atoms with Crippen molar-refractivity contribution in [1.29, 1.82) is 0 Å². The van der Waals surface area contributed by atoms with E-state index >= 15 is 0 Å². The summed E-state index contributed by atoms with van der Waals surface area (Å²) >= 11 is 0. The molecular formula is C31H39N3O6S. The molecule has 0 fully saturated rings. The predicted octanol–water partition coefficient (Wildman–Crippen LogP) is 4.62. The van der Waals surface area contributed by atoms with E-state index in [-0.39, 0.29) is 34.8 Å². The Labute approximate surface area is 243 Å². The molecule has 1 N–H and O–H groups in total. The minimum absolute atomic E-state index is 0.00818. The van der Waals surface area contributed by atoms with Crippen LogP contribution in [0.25, 0.3) is 0 Å². The number of methoxy groups -OCH3 is 2. The maximum Gasteiger partial charge on any atom is 0.264 e. The molecule has 0 heterocycles. The first kappa shape index (κ1) is 31.5. The second-order valence-corrected chi connectivity index (χ2v) is 11.5. The van der Waals surface area contributed by atoms with E-state index in [0.717, 1.165) is 16.3 Å². The summed E-state index contributed by atoms with van der Waals surface area (Å²) < 4.78 is 40.0. The molecule has 3 aromatic carbocycles. The van der Waals surface area contributed by atoms with Crippen molar-refractivity contribution in [2.24, 2.45) is 0 Å². The van der Waals surface area contributed by atoms with Crippen molar-refractivity contribution in [2.75, 3.05) is 25.1 Å². The fraction of sp³-hybridized carbons (Fsp3) is 0.355. The molecule has 41 heavy (non-hydrogen) atoms. The summed E-state index contributed by atoms with van der Waals surface area (Å²) in [5, 5.41) is 2.97. The number of carbonyl (C=O) groups excluding carboxylic acids is 2. The molecule has 0 aliphatic rings. The van der Waals surface area contributed by atoms with Crippen LogP contribution in [0.5, 0.6) is 11.5 Å². The van der Waals surface area contributed by atoms with Crippen LogP contribution in [0.4, 0.5) is 5.69 Å². The normalized spacial score (nSPS) is 12.6. The maximum atomic E-state index is 14.2. The average Bonchev–Trinajstić information content (AvgIpc) is 3.00. The van der Waals surface area contributed by atoms with Gasteiger partial charge in [-0.05, 0) is 49.6 Å². The van der Waals surface area contributed by atoms with E-state index in [1.807, 2.05) is 51.1 Å². The Morgan fingerprint density at radius 2 is 1.51 bits per heavy atom. The molecule has 0 saturated heterocycles. The molecule has 0 spiro atoms. The second kappa shape index (κ2) is 14.5. The van der Waals surface area contributed by atoms with Crippen molar-refractivity contribution in [1.82, 2.24) is 10.2 Å². The molecule has 2 amide bonds. The number of sulfonamides is 1. The Kier molecular flexibility index (Phi) is 11.2. The molecule has 9 nitrogen and oxygen atoms in total. The summed E-state index contributed by atoms with van der Waals surface area (Å²) in [6.07, 6.45) is 1.07. The Hall–Kier alpha value is -4.05. The summed E-state index contributed by atoms with van der Waals surface area (Å²) in [5.41, 5.74) is 0.952. The third-order valence-corrected chi connectivity index (χ3v) is 8.62. The smallest absolute Gasteiger partial charge is 0.264 e. The summed E-state index contributed by atoms with van der Waals surface area (Å²) in [7, 11) is -1.35. The first-order valence-electron chi connectivity index (χ1n) is 13.6. The van der Waals surface area contributed by atoms with E-state index in [1.165, 1.54) is 37.3 Å². The van der Waals surface area contributed by atoms with E-state index in [2.05, 4.69) is 5.32 Å². The van der Waals surface area contributed by atoms with Crippen molar-refractivity contribution in [3.63, 3.8) is 0 Å². The fourth-order valence-corrected chi connectivity index (χ4v) is 5.80. The molecule has 0 radical (unpaired) electrons. The van der Waals surface area contributed by atoms with Crippen LogP contribution in [0.15, 0.2) is 83.8 Å². The monoisotopic (exact) mass is 581 g/mol. The lowest BCUT2D eigenvalue weighted by atomic mass is 10.1. The molecule has 220 valence electrons. The highest BCUT2D eigenvalue weighted by molar-refractivity contribution is 7.92. The van der Waals surface area contributed by atoms with Gasteiger partial charge in [0, 0.05) is 18.7 Å². The lowest BCUT2D eigenvalue weighted by molar-refractivity contribution is -0.140. The largest absolute Gasteiger partial charge is 0.497 e. The molecule has 0 bridgehead atoms. The van der Waals surface area contributed by atoms with Gasteiger partial charge in [0.25, 0.3) is 10.0 Å². The van der Waals surface area contributed by atoms with Crippen LogP contribution in [0.1, 0.15) is 39.2 Å². The van der Waals surface area contributed by atoms with Gasteiger partial charge in [-0.2, -0.15) is 0 Å². The first-order valence-corrected chi connectivity index (χ1v) is 15.0. The van der Waals surface area contributed by atoms with Gasteiger partial charge >= 0.3 is 0 Å². The zero-order chi connectivity index (χ0) is 30.0. The summed E-state index contributed by atoms with van der Waals surface area (Å²) in [4.78, 5) is 29.0. The van der Waals surface area contributed by atoms with Crippen molar-refractivity contribution < 1.29 is 27.5 Å². The zero-order valence-corrected chi connectivity index (χ0v) is 25.1. The van der Waals surface area contributed by atoms with Gasteiger partial charge in [0.1, 0.15) is 24.1 Å². The Morgan fingerprint density at radius 3 is 2.07 bits per heavy atom. The molecule has 3 aromatic rings. The van der Waals surface area contributed by atoms with Crippen molar-refractivity contribution in [2.45, 2.75) is 57.1 Å². The number of benzene rings is 3. The van der Waals surface area contributed by atoms with Crippen molar-refractivity contribution in [3.05, 3.63) is 84.4 Å². The van der Waals surface area contributed by atoms with Gasteiger partial charge in [0.05, 0.1) is 24.8 Å². The van der Waals surface area contributed by atoms with Crippen LogP contribution >= 0.6 is 0 Å². The number of rotatable bonds is 14. The maximum absolute atomic E-state index is 14.2. The number of anilines is 1. The second-order valence-electron chi connectivity index (χ2n) is 9.61. The van der Waals surface area contributed by atoms with Crippen molar-refractivity contribution in [3.8, 4) is 11.5 Å². The molecule has 3 rings (SSSR count). The van der Waals surface area contributed by atoms with E-state index in [1.54, 1.807) is 30.3 Å².